The maximum Gasteiger partial charge on any atom is 0.229 e. The van der Waals surface area contributed by atoms with Crippen LogP contribution in [0.4, 0.5) is 11.6 Å². The Balaban J connectivity index is 1.62. The topological polar surface area (TPSA) is 102 Å². The fourth-order valence-electron chi connectivity index (χ4n) is 3.53. The minimum absolute atomic E-state index is 0.0146. The normalized spacial score (nSPS) is 19.7. The number of pyridine rings is 2. The van der Waals surface area contributed by atoms with Crippen LogP contribution >= 0.6 is 0 Å². The summed E-state index contributed by atoms with van der Waals surface area (Å²) in [6.07, 6.45) is 3.83. The molecule has 8 heteroatoms. The number of carbonyl (C=O) groups is 1. The number of fused-ring (bicyclic) bond motifs is 2. The van der Waals surface area contributed by atoms with Gasteiger partial charge in [0.25, 0.3) is 0 Å². The molecule has 1 saturated carbocycles. The average Bonchev–Trinajstić information content (AvgIpc) is 3.35. The van der Waals surface area contributed by atoms with Gasteiger partial charge in [-0.25, -0.2) is 15.0 Å². The average molecular weight is 406 g/mol. The molecule has 30 heavy (non-hydrogen) atoms. The molecule has 0 spiro atoms. The highest BCUT2D eigenvalue weighted by Gasteiger charge is 2.39. The molecule has 1 fully saturated rings. The highest BCUT2D eigenvalue weighted by Crippen LogP contribution is 2.39. The number of nitrogens with zero attached hydrogens (tertiary/aromatic N) is 3. The van der Waals surface area contributed by atoms with Crippen molar-refractivity contribution in [3.8, 4) is 17.2 Å². The van der Waals surface area contributed by atoms with E-state index in [4.69, 9.17) is 13.3 Å². The van der Waals surface area contributed by atoms with Crippen molar-refractivity contribution in [1.82, 2.24) is 15.0 Å². The number of anilines is 2. The van der Waals surface area contributed by atoms with Crippen molar-refractivity contribution in [2.45, 2.75) is 13.3 Å². The van der Waals surface area contributed by atoms with Crippen LogP contribution in [0.15, 0.2) is 41.1 Å². The fourth-order valence-corrected chi connectivity index (χ4v) is 3.53. The molecule has 2 atom stereocenters. The van der Waals surface area contributed by atoms with E-state index in [0.29, 0.717) is 50.8 Å². The Bertz CT molecular complexity index is 1390. The molecule has 0 aliphatic heterocycles. The summed E-state index contributed by atoms with van der Waals surface area (Å²) < 4.78 is 33.8. The second kappa shape index (κ2) is 6.98. The van der Waals surface area contributed by atoms with Gasteiger partial charge in [0, 0.05) is 46.2 Å². The lowest BCUT2D eigenvalue weighted by Crippen LogP contribution is -2.15. The third-order valence-electron chi connectivity index (χ3n) is 5.41. The van der Waals surface area contributed by atoms with Crippen LogP contribution in [0.2, 0.25) is 0 Å². The number of rotatable bonds is 5. The number of hydrogen-bond donors (Lipinski definition) is 2. The van der Waals surface area contributed by atoms with E-state index in [2.05, 4.69) is 25.6 Å². The van der Waals surface area contributed by atoms with E-state index < -0.39 is 6.98 Å². The second-order valence-corrected chi connectivity index (χ2v) is 7.42. The van der Waals surface area contributed by atoms with Gasteiger partial charge in [-0.05, 0) is 30.5 Å². The van der Waals surface area contributed by atoms with Crippen LogP contribution in [-0.4, -0.2) is 34.9 Å². The highest BCUT2D eigenvalue weighted by atomic mass is 16.5. The lowest BCUT2D eigenvalue weighted by molar-refractivity contribution is -0.117. The molecule has 5 rings (SSSR count). The van der Waals surface area contributed by atoms with E-state index in [1.807, 2.05) is 6.92 Å². The Morgan fingerprint density at radius 2 is 2.13 bits per heavy atom. The fraction of sp³-hybridized carbons (Fsp3) is 0.273. The summed E-state index contributed by atoms with van der Waals surface area (Å²) in [5.74, 6) is 1.71. The molecule has 152 valence electrons. The van der Waals surface area contributed by atoms with Crippen molar-refractivity contribution in [3.05, 3.63) is 36.7 Å². The van der Waals surface area contributed by atoms with Gasteiger partial charge in [-0.3, -0.25) is 4.79 Å². The van der Waals surface area contributed by atoms with Crippen LogP contribution < -0.4 is 15.4 Å². The molecule has 0 unspecified atom stereocenters. The van der Waals surface area contributed by atoms with Gasteiger partial charge in [0.05, 0.1) is 12.7 Å². The lowest BCUT2D eigenvalue weighted by atomic mass is 10.1. The number of nitrogens with one attached hydrogen (secondary N) is 2. The molecular formula is C22H21N5O3. The molecule has 3 heterocycles. The molecule has 1 aliphatic rings. The Kier molecular flexibility index (Phi) is 3.54. The van der Waals surface area contributed by atoms with Crippen molar-refractivity contribution < 1.29 is 18.1 Å². The van der Waals surface area contributed by atoms with Gasteiger partial charge < -0.3 is 19.8 Å². The van der Waals surface area contributed by atoms with Gasteiger partial charge in [-0.15, -0.1) is 0 Å². The molecule has 2 N–H and O–H groups in total. The number of benzene rings is 1. The van der Waals surface area contributed by atoms with Gasteiger partial charge in [0.1, 0.15) is 22.9 Å². The maximum atomic E-state index is 12.4. The minimum Gasteiger partial charge on any atom is -0.497 e. The summed E-state index contributed by atoms with van der Waals surface area (Å²) in [6.45, 7) is -0.415. The van der Waals surface area contributed by atoms with Gasteiger partial charge in [-0.1, -0.05) is 6.92 Å². The van der Waals surface area contributed by atoms with Crippen LogP contribution in [0, 0.1) is 11.8 Å². The Morgan fingerprint density at radius 1 is 1.27 bits per heavy atom. The van der Waals surface area contributed by atoms with Crippen molar-refractivity contribution in [3.63, 3.8) is 0 Å². The predicted octanol–water partition coefficient (Wildman–Crippen LogP) is 4.08. The third kappa shape index (κ3) is 3.10. The summed E-state index contributed by atoms with van der Waals surface area (Å²) in [5, 5.41) is 6.32. The Hall–Kier alpha value is -3.68. The Labute approximate surface area is 176 Å². The van der Waals surface area contributed by atoms with E-state index in [0.717, 1.165) is 6.42 Å². The van der Waals surface area contributed by atoms with Crippen molar-refractivity contribution in [2.75, 3.05) is 24.7 Å². The molecule has 8 nitrogen and oxygen atoms in total. The van der Waals surface area contributed by atoms with E-state index in [1.54, 1.807) is 31.4 Å². The summed E-state index contributed by atoms with van der Waals surface area (Å²) in [7, 11) is 1.57. The standard InChI is InChI=1S/C22H21N5O3/c1-11-6-13(11)21(28)27-19-8-14-15(9-24-19)20(23-2)25-10-16(14)22-26-17-7-12(29-3)4-5-18(17)30-22/h4-5,7-11,13H,6H2,1-3H3,(H,23,25)(H,24,27,28)/t11-,13+/m0/s1/i2D3. The number of methoxy groups -OCH3 is 1. The monoisotopic (exact) mass is 406 g/mol. The van der Waals surface area contributed by atoms with Crippen molar-refractivity contribution in [2.24, 2.45) is 11.8 Å². The van der Waals surface area contributed by atoms with Gasteiger partial charge in [-0.2, -0.15) is 0 Å². The zero-order chi connectivity index (χ0) is 23.3. The van der Waals surface area contributed by atoms with E-state index in [-0.39, 0.29) is 17.6 Å². The van der Waals surface area contributed by atoms with Crippen LogP contribution in [-0.2, 0) is 4.79 Å². The van der Waals surface area contributed by atoms with Crippen LogP contribution in [0.1, 0.15) is 17.5 Å². The van der Waals surface area contributed by atoms with E-state index in [1.165, 1.54) is 12.4 Å². The summed E-state index contributed by atoms with van der Waals surface area (Å²) >= 11 is 0. The molecule has 4 aromatic rings. The summed E-state index contributed by atoms with van der Waals surface area (Å²) in [5.41, 5.74) is 1.70. The quantitative estimate of drug-likeness (QED) is 0.515. The van der Waals surface area contributed by atoms with Gasteiger partial charge in [0.15, 0.2) is 5.58 Å². The van der Waals surface area contributed by atoms with Gasteiger partial charge >= 0.3 is 0 Å². The molecule has 3 aromatic heterocycles. The van der Waals surface area contributed by atoms with Crippen molar-refractivity contribution in [1.29, 1.82) is 0 Å². The second-order valence-electron chi connectivity index (χ2n) is 7.42. The lowest BCUT2D eigenvalue weighted by Gasteiger charge is -2.10. The molecule has 0 saturated heterocycles. The molecule has 1 amide bonds. The largest absolute Gasteiger partial charge is 0.497 e. The number of ether oxygens (including phenoxy) is 1. The molecule has 0 radical (unpaired) electrons. The maximum absolute atomic E-state index is 12.4. The first-order valence-electron chi connectivity index (χ1n) is 11.0. The third-order valence-corrected chi connectivity index (χ3v) is 5.41. The number of carbonyl (C=O) groups excluding carboxylic acids is 1. The minimum atomic E-state index is -2.44. The molecule has 1 aliphatic carbocycles. The summed E-state index contributed by atoms with van der Waals surface area (Å²) in [6, 6.07) is 6.96. The zero-order valence-electron chi connectivity index (χ0n) is 19.4. The summed E-state index contributed by atoms with van der Waals surface area (Å²) in [4.78, 5) is 25.6. The van der Waals surface area contributed by atoms with E-state index in [9.17, 15) is 4.79 Å². The van der Waals surface area contributed by atoms with Crippen LogP contribution in [0.5, 0.6) is 5.75 Å². The number of hydrogen-bond acceptors (Lipinski definition) is 7. The number of amides is 1. The van der Waals surface area contributed by atoms with Crippen molar-refractivity contribution >= 4 is 39.4 Å². The SMILES string of the molecule is [2H]C([2H])([2H])Nc1ncc(-c2nc3cc(OC)ccc3o2)c2cc(NC(=O)[C@@H]3C[C@@H]3C)ncc12. The van der Waals surface area contributed by atoms with E-state index >= 15 is 0 Å². The molecular weight excluding hydrogens is 382 g/mol. The molecule has 1 aromatic carbocycles. The first-order chi connectivity index (χ1) is 15.7. The van der Waals surface area contributed by atoms with Crippen LogP contribution in [0.25, 0.3) is 33.3 Å². The van der Waals surface area contributed by atoms with Gasteiger partial charge in [0.2, 0.25) is 11.8 Å². The Morgan fingerprint density at radius 3 is 2.90 bits per heavy atom. The first-order valence-corrected chi connectivity index (χ1v) is 9.54. The smallest absolute Gasteiger partial charge is 0.229 e. The zero-order valence-corrected chi connectivity index (χ0v) is 16.4. The highest BCUT2D eigenvalue weighted by molar-refractivity contribution is 6.03. The van der Waals surface area contributed by atoms with Crippen LogP contribution in [0.3, 0.4) is 0 Å². The number of oxazole rings is 1. The number of aromatic nitrogens is 3. The molecule has 0 bridgehead atoms. The first kappa shape index (κ1) is 15.2. The predicted molar refractivity (Wildman–Crippen MR) is 115 cm³/mol.